The van der Waals surface area contributed by atoms with E-state index in [1.54, 1.807) is 30.0 Å². The van der Waals surface area contributed by atoms with Crippen molar-refractivity contribution in [1.29, 1.82) is 0 Å². The second kappa shape index (κ2) is 7.11. The van der Waals surface area contributed by atoms with E-state index in [0.29, 0.717) is 22.9 Å². The van der Waals surface area contributed by atoms with Crippen molar-refractivity contribution in [3.8, 4) is 5.75 Å². The van der Waals surface area contributed by atoms with E-state index in [0.717, 1.165) is 16.4 Å². The number of hydrogen-bond acceptors (Lipinski definition) is 5. The summed E-state index contributed by atoms with van der Waals surface area (Å²) < 4.78 is 7.56. The summed E-state index contributed by atoms with van der Waals surface area (Å²) in [4.78, 5) is 14.9. The molecule has 6 nitrogen and oxygen atoms in total. The summed E-state index contributed by atoms with van der Waals surface area (Å²) in [5.41, 5.74) is 1.53. The Kier molecular flexibility index (Phi) is 4.92. The lowest BCUT2D eigenvalue weighted by atomic mass is 10.3. The Morgan fingerprint density at radius 2 is 2.04 bits per heavy atom. The molecule has 0 saturated heterocycles. The van der Waals surface area contributed by atoms with Crippen LogP contribution in [0.15, 0.2) is 47.6 Å². The molecule has 0 aliphatic rings. The van der Waals surface area contributed by atoms with Crippen molar-refractivity contribution in [1.82, 2.24) is 9.55 Å². The summed E-state index contributed by atoms with van der Waals surface area (Å²) in [5, 5.41) is 12.3. The third-order valence-corrected chi connectivity index (χ3v) is 4.68. The van der Waals surface area contributed by atoms with Crippen molar-refractivity contribution in [2.24, 2.45) is 7.05 Å². The Morgan fingerprint density at radius 1 is 1.29 bits per heavy atom. The Hall–Kier alpha value is -2.25. The Bertz CT molecular complexity index is 880. The monoisotopic (exact) mass is 363 g/mol. The van der Waals surface area contributed by atoms with Crippen molar-refractivity contribution < 1.29 is 9.66 Å². The van der Waals surface area contributed by atoms with Crippen LogP contribution in [-0.4, -0.2) is 26.8 Å². The van der Waals surface area contributed by atoms with Gasteiger partial charge in [0.1, 0.15) is 5.75 Å². The van der Waals surface area contributed by atoms with E-state index < -0.39 is 4.92 Å². The molecule has 0 saturated carbocycles. The summed E-state index contributed by atoms with van der Waals surface area (Å²) in [6.45, 7) is 0.523. The molecule has 0 fully saturated rings. The number of ether oxygens (including phenoxy) is 1. The summed E-state index contributed by atoms with van der Waals surface area (Å²) in [6.07, 6.45) is 0. The van der Waals surface area contributed by atoms with Crippen LogP contribution in [0.3, 0.4) is 0 Å². The first-order valence-electron chi connectivity index (χ1n) is 7.16. The normalized spacial score (nSPS) is 10.9. The standard InChI is InChI=1S/C16H14ClN3O3S/c1-19-15-7-4-12(20(21)22)10-14(15)18-16(19)24-9-8-23-13-5-2-11(17)3-6-13/h2-7,10H,8-9H2,1H3. The van der Waals surface area contributed by atoms with Crippen LogP contribution in [-0.2, 0) is 7.05 Å². The van der Waals surface area contributed by atoms with Crippen LogP contribution in [0.25, 0.3) is 11.0 Å². The summed E-state index contributed by atoms with van der Waals surface area (Å²) in [5.74, 6) is 1.47. The SMILES string of the molecule is Cn1c(SCCOc2ccc(Cl)cc2)nc2cc([N+](=O)[O-])ccc21. The van der Waals surface area contributed by atoms with Gasteiger partial charge in [0.15, 0.2) is 5.16 Å². The third-order valence-electron chi connectivity index (χ3n) is 3.43. The van der Waals surface area contributed by atoms with E-state index in [2.05, 4.69) is 4.98 Å². The minimum Gasteiger partial charge on any atom is -0.493 e. The van der Waals surface area contributed by atoms with Gasteiger partial charge in [-0.1, -0.05) is 23.4 Å². The van der Waals surface area contributed by atoms with Gasteiger partial charge in [-0.15, -0.1) is 0 Å². The van der Waals surface area contributed by atoms with E-state index in [1.807, 2.05) is 23.7 Å². The molecule has 0 bridgehead atoms. The zero-order valence-electron chi connectivity index (χ0n) is 12.8. The first-order chi connectivity index (χ1) is 11.5. The van der Waals surface area contributed by atoms with E-state index in [1.165, 1.54) is 12.1 Å². The average Bonchev–Trinajstić information content (AvgIpc) is 2.89. The summed E-state index contributed by atoms with van der Waals surface area (Å²) in [6, 6.07) is 11.9. The molecule has 0 aliphatic heterocycles. The molecule has 0 atom stereocenters. The maximum absolute atomic E-state index is 10.8. The highest BCUT2D eigenvalue weighted by atomic mass is 35.5. The molecule has 0 N–H and O–H groups in total. The molecule has 124 valence electrons. The molecule has 1 heterocycles. The molecule has 0 spiro atoms. The van der Waals surface area contributed by atoms with E-state index in [-0.39, 0.29) is 5.69 Å². The number of non-ortho nitro benzene ring substituents is 1. The second-order valence-electron chi connectivity index (χ2n) is 5.03. The van der Waals surface area contributed by atoms with Crippen LogP contribution < -0.4 is 4.74 Å². The second-order valence-corrected chi connectivity index (χ2v) is 6.53. The number of nitro benzene ring substituents is 1. The highest BCUT2D eigenvalue weighted by Gasteiger charge is 2.12. The van der Waals surface area contributed by atoms with Crippen LogP contribution in [0.1, 0.15) is 0 Å². The van der Waals surface area contributed by atoms with Crippen LogP contribution in [0.5, 0.6) is 5.75 Å². The number of aromatic nitrogens is 2. The number of hydrogen-bond donors (Lipinski definition) is 0. The number of nitro groups is 1. The van der Waals surface area contributed by atoms with Crippen LogP contribution >= 0.6 is 23.4 Å². The van der Waals surface area contributed by atoms with Crippen molar-refractivity contribution in [2.75, 3.05) is 12.4 Å². The molecular weight excluding hydrogens is 350 g/mol. The zero-order valence-corrected chi connectivity index (χ0v) is 14.4. The van der Waals surface area contributed by atoms with Crippen LogP contribution in [0, 0.1) is 10.1 Å². The van der Waals surface area contributed by atoms with Crippen molar-refractivity contribution in [3.05, 3.63) is 57.6 Å². The van der Waals surface area contributed by atoms with Crippen LogP contribution in [0.4, 0.5) is 5.69 Å². The van der Waals surface area contributed by atoms with Gasteiger partial charge in [0.05, 0.1) is 22.6 Å². The lowest BCUT2D eigenvalue weighted by Crippen LogP contribution is -2.01. The molecule has 1 aromatic heterocycles. The first kappa shape index (κ1) is 16.6. The molecule has 0 amide bonds. The van der Waals surface area contributed by atoms with Crippen molar-refractivity contribution in [2.45, 2.75) is 5.16 Å². The predicted molar refractivity (Wildman–Crippen MR) is 95.0 cm³/mol. The number of nitrogens with zero attached hydrogens (tertiary/aromatic N) is 3. The Balaban J connectivity index is 1.63. The Morgan fingerprint density at radius 3 is 2.75 bits per heavy atom. The maximum Gasteiger partial charge on any atom is 0.271 e. The molecule has 3 rings (SSSR count). The van der Waals surface area contributed by atoms with Gasteiger partial charge in [0.2, 0.25) is 0 Å². The number of imidazole rings is 1. The largest absolute Gasteiger partial charge is 0.493 e. The number of benzene rings is 2. The van der Waals surface area contributed by atoms with Crippen LogP contribution in [0.2, 0.25) is 5.02 Å². The van der Waals surface area contributed by atoms with Gasteiger partial charge in [-0.25, -0.2) is 4.98 Å². The fraction of sp³-hybridized carbons (Fsp3) is 0.188. The van der Waals surface area contributed by atoms with Gasteiger partial charge in [-0.3, -0.25) is 10.1 Å². The highest BCUT2D eigenvalue weighted by molar-refractivity contribution is 7.99. The Labute approximate surface area is 147 Å². The average molecular weight is 364 g/mol. The smallest absolute Gasteiger partial charge is 0.271 e. The summed E-state index contributed by atoms with van der Waals surface area (Å²) >= 11 is 7.37. The first-order valence-corrected chi connectivity index (χ1v) is 8.53. The number of aryl methyl sites for hydroxylation is 1. The molecule has 3 aromatic rings. The van der Waals surface area contributed by atoms with Gasteiger partial charge >= 0.3 is 0 Å². The fourth-order valence-electron chi connectivity index (χ4n) is 2.23. The van der Waals surface area contributed by atoms with Gasteiger partial charge in [0.25, 0.3) is 5.69 Å². The lowest BCUT2D eigenvalue weighted by molar-refractivity contribution is -0.384. The minimum atomic E-state index is -0.416. The molecular formula is C16H14ClN3O3S. The van der Waals surface area contributed by atoms with Gasteiger partial charge in [-0.2, -0.15) is 0 Å². The van der Waals surface area contributed by atoms with Gasteiger partial charge in [0, 0.05) is 30.0 Å². The predicted octanol–water partition coefficient (Wildman–Crippen LogP) is 4.31. The molecule has 8 heteroatoms. The highest BCUT2D eigenvalue weighted by Crippen LogP contribution is 2.26. The number of rotatable bonds is 6. The van der Waals surface area contributed by atoms with E-state index in [4.69, 9.17) is 16.3 Å². The minimum absolute atomic E-state index is 0.0446. The molecule has 2 aromatic carbocycles. The quantitative estimate of drug-likeness (QED) is 0.282. The van der Waals surface area contributed by atoms with Crippen molar-refractivity contribution >= 4 is 40.1 Å². The third kappa shape index (κ3) is 3.63. The molecule has 0 unspecified atom stereocenters. The van der Waals surface area contributed by atoms with Crippen molar-refractivity contribution in [3.63, 3.8) is 0 Å². The number of thioether (sulfide) groups is 1. The number of fused-ring (bicyclic) bond motifs is 1. The van der Waals surface area contributed by atoms with E-state index >= 15 is 0 Å². The molecule has 24 heavy (non-hydrogen) atoms. The summed E-state index contributed by atoms with van der Waals surface area (Å²) in [7, 11) is 1.89. The lowest BCUT2D eigenvalue weighted by Gasteiger charge is -2.06. The topological polar surface area (TPSA) is 70.2 Å². The zero-order chi connectivity index (χ0) is 17.1. The van der Waals surface area contributed by atoms with Gasteiger partial charge in [-0.05, 0) is 30.3 Å². The maximum atomic E-state index is 10.8. The van der Waals surface area contributed by atoms with Gasteiger partial charge < -0.3 is 9.30 Å². The molecule has 0 radical (unpaired) electrons. The molecule has 0 aliphatic carbocycles. The van der Waals surface area contributed by atoms with E-state index in [9.17, 15) is 10.1 Å². The fourth-order valence-corrected chi connectivity index (χ4v) is 3.16. The number of halogens is 1.